The molecule has 1 aromatic rings. The Morgan fingerprint density at radius 3 is 2.90 bits per heavy atom. The smallest absolute Gasteiger partial charge is 0.137 e. The second kappa shape index (κ2) is 7.30. The highest BCUT2D eigenvalue weighted by atomic mass is 35.5. The molecule has 1 heterocycles. The predicted molar refractivity (Wildman–Crippen MR) is 84.6 cm³/mol. The maximum absolute atomic E-state index is 6.27. The lowest BCUT2D eigenvalue weighted by Gasteiger charge is -2.26. The van der Waals surface area contributed by atoms with Gasteiger partial charge in [-0.25, -0.2) is 0 Å². The quantitative estimate of drug-likeness (QED) is 0.815. The van der Waals surface area contributed by atoms with E-state index in [-0.39, 0.29) is 0 Å². The average Bonchev–Trinajstić information content (AvgIpc) is 2.80. The molecule has 3 nitrogen and oxygen atoms in total. The van der Waals surface area contributed by atoms with Gasteiger partial charge in [-0.15, -0.1) is 0 Å². The van der Waals surface area contributed by atoms with Gasteiger partial charge in [0.2, 0.25) is 0 Å². The highest BCUT2D eigenvalue weighted by Crippen LogP contribution is 2.38. The van der Waals surface area contributed by atoms with Crippen molar-refractivity contribution < 1.29 is 4.74 Å². The van der Waals surface area contributed by atoms with Crippen LogP contribution < -0.4 is 10.1 Å². The summed E-state index contributed by atoms with van der Waals surface area (Å²) in [5.41, 5.74) is 1.29. The minimum absolute atomic E-state index is 0.447. The Labute approximate surface area is 127 Å². The largest absolute Gasteiger partial charge is 0.495 e. The number of ether oxygens (including phenoxy) is 1. The Morgan fingerprint density at radius 1 is 1.45 bits per heavy atom. The molecule has 112 valence electrons. The van der Waals surface area contributed by atoms with E-state index in [0.717, 1.165) is 25.4 Å². The van der Waals surface area contributed by atoms with Gasteiger partial charge in [-0.1, -0.05) is 24.6 Å². The highest BCUT2D eigenvalue weighted by Gasteiger charge is 2.32. The molecule has 0 amide bonds. The van der Waals surface area contributed by atoms with E-state index in [1.54, 1.807) is 7.11 Å². The molecule has 0 bridgehead atoms. The summed E-state index contributed by atoms with van der Waals surface area (Å²) in [6.07, 6.45) is 2.42. The SMILES string of the molecule is CCCNCC1CCN(C)C1c1ccc(OC)c(Cl)c1. The summed E-state index contributed by atoms with van der Waals surface area (Å²) in [6, 6.07) is 6.62. The fourth-order valence-corrected chi connectivity index (χ4v) is 3.36. The first kappa shape index (κ1) is 15.6. The lowest BCUT2D eigenvalue weighted by Crippen LogP contribution is -2.28. The van der Waals surface area contributed by atoms with Crippen molar-refractivity contribution in [2.24, 2.45) is 5.92 Å². The third kappa shape index (κ3) is 3.46. The number of nitrogens with one attached hydrogen (secondary N) is 1. The molecule has 0 spiro atoms. The van der Waals surface area contributed by atoms with E-state index in [1.165, 1.54) is 18.4 Å². The lowest BCUT2D eigenvalue weighted by molar-refractivity contribution is 0.272. The van der Waals surface area contributed by atoms with E-state index in [0.29, 0.717) is 17.0 Å². The minimum atomic E-state index is 0.447. The summed E-state index contributed by atoms with van der Waals surface area (Å²) in [7, 11) is 3.85. The van der Waals surface area contributed by atoms with Gasteiger partial charge in [0.05, 0.1) is 12.1 Å². The molecule has 4 heteroatoms. The molecule has 0 aromatic heterocycles. The van der Waals surface area contributed by atoms with Crippen LogP contribution in [0.25, 0.3) is 0 Å². The van der Waals surface area contributed by atoms with E-state index in [9.17, 15) is 0 Å². The topological polar surface area (TPSA) is 24.5 Å². The standard InChI is InChI=1S/C16H25ClN2O/c1-4-8-18-11-13-7-9-19(2)16(13)12-5-6-15(20-3)14(17)10-12/h5-6,10,13,16,18H,4,7-9,11H2,1-3H3. The Kier molecular flexibility index (Phi) is 5.70. The first-order valence-electron chi connectivity index (χ1n) is 7.41. The lowest BCUT2D eigenvalue weighted by atomic mass is 9.93. The van der Waals surface area contributed by atoms with E-state index in [2.05, 4.69) is 36.3 Å². The number of rotatable bonds is 6. The zero-order valence-electron chi connectivity index (χ0n) is 12.7. The maximum Gasteiger partial charge on any atom is 0.137 e. The van der Waals surface area contributed by atoms with Gasteiger partial charge in [0.1, 0.15) is 5.75 Å². The number of hydrogen-bond donors (Lipinski definition) is 1. The molecule has 1 aliphatic rings. The van der Waals surface area contributed by atoms with Gasteiger partial charge in [-0.2, -0.15) is 0 Å². The van der Waals surface area contributed by atoms with Crippen LogP contribution in [0.4, 0.5) is 0 Å². The number of benzene rings is 1. The van der Waals surface area contributed by atoms with E-state index >= 15 is 0 Å². The first-order valence-corrected chi connectivity index (χ1v) is 7.79. The van der Waals surface area contributed by atoms with Crippen LogP contribution in [0.2, 0.25) is 5.02 Å². The zero-order chi connectivity index (χ0) is 14.5. The van der Waals surface area contributed by atoms with Gasteiger partial charge in [0.25, 0.3) is 0 Å². The van der Waals surface area contributed by atoms with Crippen molar-refractivity contribution >= 4 is 11.6 Å². The van der Waals surface area contributed by atoms with Crippen LogP contribution in [0.15, 0.2) is 18.2 Å². The Hall–Kier alpha value is -0.770. The first-order chi connectivity index (χ1) is 9.67. The second-order valence-corrected chi connectivity index (χ2v) is 5.98. The molecule has 1 aromatic carbocycles. The van der Waals surface area contributed by atoms with Crippen LogP contribution in [0.3, 0.4) is 0 Å². The Bertz CT molecular complexity index is 438. The van der Waals surface area contributed by atoms with Crippen molar-refractivity contribution in [3.63, 3.8) is 0 Å². The monoisotopic (exact) mass is 296 g/mol. The molecule has 1 fully saturated rings. The third-order valence-electron chi connectivity index (χ3n) is 4.12. The second-order valence-electron chi connectivity index (χ2n) is 5.57. The molecule has 0 aliphatic carbocycles. The summed E-state index contributed by atoms with van der Waals surface area (Å²) in [5.74, 6) is 1.40. The van der Waals surface area contributed by atoms with E-state index in [1.807, 2.05) is 6.07 Å². The van der Waals surface area contributed by atoms with Crippen molar-refractivity contribution in [2.75, 3.05) is 33.8 Å². The fraction of sp³-hybridized carbons (Fsp3) is 0.625. The van der Waals surface area contributed by atoms with E-state index in [4.69, 9.17) is 16.3 Å². The van der Waals surface area contributed by atoms with E-state index < -0.39 is 0 Å². The maximum atomic E-state index is 6.27. The number of halogens is 1. The van der Waals surface area contributed by atoms with Gasteiger partial charge in [-0.3, -0.25) is 4.90 Å². The molecule has 0 saturated carbocycles. The average molecular weight is 297 g/mol. The van der Waals surface area contributed by atoms with Crippen LogP contribution in [-0.4, -0.2) is 38.7 Å². The highest BCUT2D eigenvalue weighted by molar-refractivity contribution is 6.32. The Morgan fingerprint density at radius 2 is 2.25 bits per heavy atom. The number of nitrogens with zero attached hydrogens (tertiary/aromatic N) is 1. The van der Waals surface area contributed by atoms with Crippen molar-refractivity contribution in [3.8, 4) is 5.75 Å². The molecule has 2 atom stereocenters. The normalized spacial score (nSPS) is 23.2. The molecule has 1 aliphatic heterocycles. The van der Waals surface area contributed by atoms with Gasteiger partial charge >= 0.3 is 0 Å². The number of hydrogen-bond acceptors (Lipinski definition) is 3. The van der Waals surface area contributed by atoms with Gasteiger partial charge in [-0.05, 0) is 63.1 Å². The third-order valence-corrected chi connectivity index (χ3v) is 4.42. The van der Waals surface area contributed by atoms with Crippen LogP contribution in [0.5, 0.6) is 5.75 Å². The van der Waals surface area contributed by atoms with Gasteiger partial charge in [0.15, 0.2) is 0 Å². The molecule has 1 saturated heterocycles. The number of likely N-dealkylation sites (tertiary alicyclic amines) is 1. The van der Waals surface area contributed by atoms with Crippen LogP contribution >= 0.6 is 11.6 Å². The molecule has 2 unspecified atom stereocenters. The zero-order valence-corrected chi connectivity index (χ0v) is 13.4. The number of methoxy groups -OCH3 is 1. The molecular weight excluding hydrogens is 272 g/mol. The minimum Gasteiger partial charge on any atom is -0.495 e. The summed E-state index contributed by atoms with van der Waals surface area (Å²) in [6.45, 7) is 5.52. The van der Waals surface area contributed by atoms with Crippen molar-refractivity contribution in [3.05, 3.63) is 28.8 Å². The van der Waals surface area contributed by atoms with Gasteiger partial charge in [0, 0.05) is 6.04 Å². The summed E-state index contributed by atoms with van der Waals surface area (Å²) in [4.78, 5) is 2.43. The summed E-state index contributed by atoms with van der Waals surface area (Å²) >= 11 is 6.27. The van der Waals surface area contributed by atoms with Crippen molar-refractivity contribution in [2.45, 2.75) is 25.8 Å². The molecule has 1 N–H and O–H groups in total. The van der Waals surface area contributed by atoms with Crippen LogP contribution in [0.1, 0.15) is 31.4 Å². The molecular formula is C16H25ClN2O. The van der Waals surface area contributed by atoms with Gasteiger partial charge < -0.3 is 10.1 Å². The van der Waals surface area contributed by atoms with Crippen molar-refractivity contribution in [1.82, 2.24) is 10.2 Å². The molecule has 0 radical (unpaired) electrons. The Balaban J connectivity index is 2.12. The molecule has 20 heavy (non-hydrogen) atoms. The van der Waals surface area contributed by atoms with Crippen LogP contribution in [0, 0.1) is 5.92 Å². The summed E-state index contributed by atoms with van der Waals surface area (Å²) in [5, 5.41) is 4.25. The van der Waals surface area contributed by atoms with Crippen LogP contribution in [-0.2, 0) is 0 Å². The summed E-state index contributed by atoms with van der Waals surface area (Å²) < 4.78 is 5.24. The van der Waals surface area contributed by atoms with Crippen molar-refractivity contribution in [1.29, 1.82) is 0 Å². The predicted octanol–water partition coefficient (Wildman–Crippen LogP) is 3.34. The molecule has 2 rings (SSSR count). The fourth-order valence-electron chi connectivity index (χ4n) is 3.10.